The van der Waals surface area contributed by atoms with Crippen LogP contribution in [0.2, 0.25) is 0 Å². The number of fused-ring (bicyclic) bond motifs is 1. The van der Waals surface area contributed by atoms with Gasteiger partial charge in [-0.15, -0.1) is 11.3 Å². The normalized spacial score (nSPS) is 15.7. The van der Waals surface area contributed by atoms with E-state index in [1.807, 2.05) is 31.1 Å². The van der Waals surface area contributed by atoms with Crippen LogP contribution in [0.5, 0.6) is 0 Å². The van der Waals surface area contributed by atoms with Gasteiger partial charge in [-0.3, -0.25) is 13.9 Å². The lowest BCUT2D eigenvalue weighted by Gasteiger charge is -2.25. The van der Waals surface area contributed by atoms with E-state index in [4.69, 9.17) is 4.74 Å². The highest BCUT2D eigenvalue weighted by Gasteiger charge is 2.28. The first-order valence-electron chi connectivity index (χ1n) is 14.3. The Hall–Kier alpha value is -3.87. The van der Waals surface area contributed by atoms with E-state index in [0.717, 1.165) is 41.0 Å². The van der Waals surface area contributed by atoms with E-state index in [0.29, 0.717) is 48.5 Å². The van der Waals surface area contributed by atoms with E-state index in [1.54, 1.807) is 12.1 Å². The van der Waals surface area contributed by atoms with Gasteiger partial charge in [0, 0.05) is 48.0 Å². The first-order valence-corrected chi connectivity index (χ1v) is 15.2. The number of amides is 2. The highest BCUT2D eigenvalue weighted by molar-refractivity contribution is 7.22. The van der Waals surface area contributed by atoms with Crippen LogP contribution in [0.25, 0.3) is 20.7 Å². The summed E-state index contributed by atoms with van der Waals surface area (Å²) in [5.74, 6) is -1.52. The van der Waals surface area contributed by atoms with Crippen LogP contribution >= 0.6 is 11.3 Å². The predicted molar refractivity (Wildman–Crippen MR) is 163 cm³/mol. The minimum Gasteiger partial charge on any atom is -0.381 e. The van der Waals surface area contributed by atoms with Crippen molar-refractivity contribution in [2.45, 2.75) is 50.9 Å². The SMILES string of the molecule is CN(C)Cc1c(-c2ccc(NC(=O)NC3CC3)cc2)sc2c1c(=O)n(C1CCOCC1)c(=O)n2Cc1c(F)cccc1F. The zero-order chi connectivity index (χ0) is 30.2. The average Bonchev–Trinajstić information content (AvgIpc) is 3.71. The number of aromatic nitrogens is 2. The monoisotopic (exact) mass is 609 g/mol. The van der Waals surface area contributed by atoms with Gasteiger partial charge in [0.15, 0.2) is 0 Å². The predicted octanol–water partition coefficient (Wildman–Crippen LogP) is 4.92. The summed E-state index contributed by atoms with van der Waals surface area (Å²) in [6.07, 6.45) is 2.94. The molecule has 1 saturated carbocycles. The molecule has 0 spiro atoms. The fraction of sp³-hybridized carbons (Fsp3) is 0.387. The quantitative estimate of drug-likeness (QED) is 0.296. The molecule has 1 saturated heterocycles. The second kappa shape index (κ2) is 12.0. The van der Waals surface area contributed by atoms with Gasteiger partial charge in [0.25, 0.3) is 5.56 Å². The molecule has 2 fully saturated rings. The fourth-order valence-corrected chi connectivity index (χ4v) is 6.82. The Morgan fingerprint density at radius 3 is 2.30 bits per heavy atom. The lowest BCUT2D eigenvalue weighted by atomic mass is 10.1. The van der Waals surface area contributed by atoms with Crippen molar-refractivity contribution in [1.82, 2.24) is 19.4 Å². The van der Waals surface area contributed by atoms with Gasteiger partial charge in [0.05, 0.1) is 11.9 Å². The summed E-state index contributed by atoms with van der Waals surface area (Å²) in [5, 5.41) is 6.09. The Balaban J connectivity index is 1.52. The molecule has 2 N–H and O–H groups in total. The second-order valence-electron chi connectivity index (χ2n) is 11.4. The molecule has 0 atom stereocenters. The van der Waals surface area contributed by atoms with Crippen LogP contribution in [0.3, 0.4) is 0 Å². The minimum atomic E-state index is -0.761. The number of thiophene rings is 1. The van der Waals surface area contributed by atoms with Crippen molar-refractivity contribution in [2.75, 3.05) is 32.6 Å². The molecule has 0 unspecified atom stereocenters. The number of rotatable bonds is 8. The Bertz CT molecular complexity index is 1770. The summed E-state index contributed by atoms with van der Waals surface area (Å²) < 4.78 is 37.8. The van der Waals surface area contributed by atoms with Crippen LogP contribution in [0.1, 0.15) is 42.9 Å². The number of carbonyl (C=O) groups excluding carboxylic acids is 1. The molecule has 1 aliphatic carbocycles. The van der Waals surface area contributed by atoms with E-state index >= 15 is 0 Å². The van der Waals surface area contributed by atoms with Crippen molar-refractivity contribution >= 4 is 33.3 Å². The molecule has 4 aromatic rings. The second-order valence-corrected chi connectivity index (χ2v) is 12.4. The van der Waals surface area contributed by atoms with E-state index < -0.39 is 28.9 Å². The Morgan fingerprint density at radius 1 is 1.00 bits per heavy atom. The molecule has 1 aliphatic heterocycles. The lowest BCUT2D eigenvalue weighted by Crippen LogP contribution is -2.44. The smallest absolute Gasteiger partial charge is 0.332 e. The third kappa shape index (κ3) is 5.99. The maximum Gasteiger partial charge on any atom is 0.332 e. The van der Waals surface area contributed by atoms with Gasteiger partial charge in [-0.25, -0.2) is 18.4 Å². The van der Waals surface area contributed by atoms with E-state index in [1.165, 1.54) is 26.5 Å². The average molecular weight is 610 g/mol. The van der Waals surface area contributed by atoms with Crippen molar-refractivity contribution in [2.24, 2.45) is 0 Å². The van der Waals surface area contributed by atoms with Crippen molar-refractivity contribution in [1.29, 1.82) is 0 Å². The van der Waals surface area contributed by atoms with Gasteiger partial charge in [-0.05, 0) is 75.2 Å². The Morgan fingerprint density at radius 2 is 1.67 bits per heavy atom. The molecule has 226 valence electrons. The van der Waals surface area contributed by atoms with Gasteiger partial charge in [0.1, 0.15) is 16.5 Å². The maximum atomic E-state index is 14.8. The molecular weight excluding hydrogens is 576 g/mol. The van der Waals surface area contributed by atoms with Crippen LogP contribution < -0.4 is 21.9 Å². The van der Waals surface area contributed by atoms with Gasteiger partial charge < -0.3 is 20.3 Å². The number of ether oxygens (including phenoxy) is 1. The molecule has 3 heterocycles. The minimum absolute atomic E-state index is 0.229. The number of anilines is 1. The van der Waals surface area contributed by atoms with E-state index in [2.05, 4.69) is 10.6 Å². The molecule has 2 amide bonds. The number of carbonyl (C=O) groups is 1. The van der Waals surface area contributed by atoms with Crippen LogP contribution in [0.15, 0.2) is 52.1 Å². The lowest BCUT2D eigenvalue weighted by molar-refractivity contribution is 0.0672. The third-order valence-electron chi connectivity index (χ3n) is 7.83. The summed E-state index contributed by atoms with van der Waals surface area (Å²) in [6, 6.07) is 10.5. The summed E-state index contributed by atoms with van der Waals surface area (Å²) in [4.78, 5) is 43.5. The van der Waals surface area contributed by atoms with Gasteiger partial charge in [-0.1, -0.05) is 18.2 Å². The van der Waals surface area contributed by atoms with Gasteiger partial charge in [0.2, 0.25) is 0 Å². The summed E-state index contributed by atoms with van der Waals surface area (Å²) in [5.41, 5.74) is 0.882. The first-order chi connectivity index (χ1) is 20.7. The number of urea groups is 1. The molecule has 2 aliphatic rings. The molecule has 12 heteroatoms. The molecule has 43 heavy (non-hydrogen) atoms. The van der Waals surface area contributed by atoms with Crippen LogP contribution in [-0.2, 0) is 17.8 Å². The third-order valence-corrected chi connectivity index (χ3v) is 9.13. The summed E-state index contributed by atoms with van der Waals surface area (Å²) in [6.45, 7) is 0.857. The Labute approximate surface area is 250 Å². The highest BCUT2D eigenvalue weighted by atomic mass is 32.1. The van der Waals surface area contributed by atoms with Crippen molar-refractivity contribution < 1.29 is 18.3 Å². The fourth-order valence-electron chi connectivity index (χ4n) is 5.52. The number of benzene rings is 2. The summed E-state index contributed by atoms with van der Waals surface area (Å²) in [7, 11) is 3.78. The van der Waals surface area contributed by atoms with Crippen molar-refractivity contribution in [3.05, 3.63) is 86.1 Å². The van der Waals surface area contributed by atoms with Crippen LogP contribution in [-0.4, -0.2) is 53.4 Å². The molecular formula is C31H33F2N5O4S. The number of nitrogens with zero attached hydrogens (tertiary/aromatic N) is 3. The van der Waals surface area contributed by atoms with E-state index in [-0.39, 0.29) is 24.2 Å². The van der Waals surface area contributed by atoms with Crippen molar-refractivity contribution in [3.63, 3.8) is 0 Å². The largest absolute Gasteiger partial charge is 0.381 e. The molecule has 0 radical (unpaired) electrons. The van der Waals surface area contributed by atoms with Gasteiger partial charge >= 0.3 is 11.7 Å². The summed E-state index contributed by atoms with van der Waals surface area (Å²) >= 11 is 1.25. The Kier molecular flexibility index (Phi) is 8.17. The molecule has 2 aromatic carbocycles. The first kappa shape index (κ1) is 29.2. The molecule has 6 rings (SSSR count). The molecule has 9 nitrogen and oxygen atoms in total. The van der Waals surface area contributed by atoms with E-state index in [9.17, 15) is 23.2 Å². The standard InChI is InChI=1S/C31H33F2N5O4S/c1-36(2)16-23-26-28(39)38(21-12-14-42-15-13-21)31(41)37(17-22-24(32)4-3-5-25(22)33)29(26)43-27(23)18-6-8-19(9-7-18)34-30(40)35-20-10-11-20/h3-9,20-21H,10-17H2,1-2H3,(H2,34,35,40). The number of hydrogen-bond donors (Lipinski definition) is 2. The van der Waals surface area contributed by atoms with Gasteiger partial charge in [-0.2, -0.15) is 0 Å². The number of hydrogen-bond acceptors (Lipinski definition) is 6. The maximum absolute atomic E-state index is 14.8. The molecule has 0 bridgehead atoms. The number of halogens is 2. The highest BCUT2D eigenvalue weighted by Crippen LogP contribution is 2.38. The topological polar surface area (TPSA) is 97.6 Å². The zero-order valence-electron chi connectivity index (χ0n) is 24.0. The van der Waals surface area contributed by atoms with Crippen LogP contribution in [0, 0.1) is 11.6 Å². The van der Waals surface area contributed by atoms with Crippen LogP contribution in [0.4, 0.5) is 19.3 Å². The van der Waals surface area contributed by atoms with Crippen molar-refractivity contribution in [3.8, 4) is 10.4 Å². The molecule has 2 aromatic heterocycles. The zero-order valence-corrected chi connectivity index (χ0v) is 24.8. The number of nitrogens with one attached hydrogen (secondary N) is 2.